The molecule has 4 aromatic rings. The van der Waals surface area contributed by atoms with Crippen LogP contribution in [0.15, 0.2) is 82.4 Å². The Morgan fingerprint density at radius 2 is 1.43 bits per heavy atom. The number of aromatic amines is 1. The molecular weight excluding hydrogens is 600 g/mol. The summed E-state index contributed by atoms with van der Waals surface area (Å²) in [5, 5.41) is 15.6. The number of hydrogen-bond acceptors (Lipinski definition) is 7. The number of aromatic nitrogens is 4. The summed E-state index contributed by atoms with van der Waals surface area (Å²) in [7, 11) is 0. The molecule has 47 heavy (non-hydrogen) atoms. The second-order valence-electron chi connectivity index (χ2n) is 11.9. The Morgan fingerprint density at radius 3 is 1.91 bits per heavy atom. The maximum Gasteiger partial charge on any atom is 0.332 e. The van der Waals surface area contributed by atoms with Crippen molar-refractivity contribution in [2.45, 2.75) is 52.7 Å². The number of piperazine rings is 1. The second kappa shape index (κ2) is 16.7. The van der Waals surface area contributed by atoms with Crippen LogP contribution in [0, 0.1) is 5.92 Å². The molecule has 5 rings (SSSR count). The van der Waals surface area contributed by atoms with E-state index in [1.165, 1.54) is 15.7 Å². The molecule has 12 nitrogen and oxygen atoms in total. The maximum atomic E-state index is 12.9. The van der Waals surface area contributed by atoms with E-state index in [2.05, 4.69) is 89.3 Å². The number of nitrogens with one attached hydrogen (secondary N) is 1. The predicted octanol–water partition coefficient (Wildman–Crippen LogP) is 3.61. The molecule has 1 saturated heterocycles. The summed E-state index contributed by atoms with van der Waals surface area (Å²) >= 11 is 0. The van der Waals surface area contributed by atoms with E-state index in [1.54, 1.807) is 4.57 Å². The van der Waals surface area contributed by atoms with Crippen LogP contribution in [-0.4, -0.2) is 83.8 Å². The normalized spacial score (nSPS) is 14.1. The van der Waals surface area contributed by atoms with Gasteiger partial charge in [0.05, 0.1) is 6.04 Å². The zero-order valence-electron chi connectivity index (χ0n) is 27.2. The highest BCUT2D eigenvalue weighted by atomic mass is 16.4. The molecule has 0 aliphatic carbocycles. The second-order valence-corrected chi connectivity index (χ2v) is 11.9. The van der Waals surface area contributed by atoms with E-state index in [0.29, 0.717) is 36.4 Å². The highest BCUT2D eigenvalue weighted by Gasteiger charge is 2.26. The highest BCUT2D eigenvalue weighted by Crippen LogP contribution is 2.29. The van der Waals surface area contributed by atoms with E-state index in [4.69, 9.17) is 15.2 Å². The third kappa shape index (κ3) is 9.36. The van der Waals surface area contributed by atoms with E-state index in [-0.39, 0.29) is 23.2 Å². The Morgan fingerprint density at radius 1 is 0.872 bits per heavy atom. The molecule has 2 aromatic carbocycles. The lowest BCUT2D eigenvalue weighted by Crippen LogP contribution is -2.48. The zero-order valence-corrected chi connectivity index (χ0v) is 27.2. The van der Waals surface area contributed by atoms with Crippen molar-refractivity contribution in [2.24, 2.45) is 5.92 Å². The molecule has 0 bridgehead atoms. The topological polar surface area (TPSA) is 154 Å². The van der Waals surface area contributed by atoms with Gasteiger partial charge in [0.2, 0.25) is 0 Å². The minimum atomic E-state index is -1.26. The molecule has 0 saturated carbocycles. The fourth-order valence-electron chi connectivity index (χ4n) is 5.88. The van der Waals surface area contributed by atoms with Crippen molar-refractivity contribution in [2.75, 3.05) is 32.7 Å². The van der Waals surface area contributed by atoms with Crippen LogP contribution in [0.25, 0.3) is 11.2 Å². The molecule has 0 amide bonds. The number of aliphatic carboxylic acids is 2. The van der Waals surface area contributed by atoms with Crippen LogP contribution in [0.4, 0.5) is 0 Å². The van der Waals surface area contributed by atoms with Crippen molar-refractivity contribution >= 4 is 23.1 Å². The maximum absolute atomic E-state index is 12.9. The van der Waals surface area contributed by atoms with Gasteiger partial charge >= 0.3 is 17.6 Å². The first-order valence-corrected chi connectivity index (χ1v) is 16.0. The van der Waals surface area contributed by atoms with Crippen molar-refractivity contribution in [1.29, 1.82) is 0 Å². The Kier molecular flexibility index (Phi) is 12.4. The van der Waals surface area contributed by atoms with Gasteiger partial charge in [-0.15, -0.1) is 0 Å². The Labute approximate surface area is 273 Å². The SMILES string of the molecule is CCn1c(=O)c2[nH]c(CCCN3CCN(C(c4ccccc4)c4ccccc4)CC3)nc2n(CC(C)C)c1=O.O=C(O)/C=C/C(=O)O. The largest absolute Gasteiger partial charge is 0.478 e. The first-order chi connectivity index (χ1) is 22.6. The standard InChI is InChI=1S/C31H40N6O2.C4H4O4/c1-4-36-30(38)27-29(37(31(36)39)22-23(2)3)33-26(32-27)16-11-17-34-18-20-35(21-19-34)28(24-12-7-5-8-13-24)25-14-9-6-10-15-25;5-3(6)1-2-4(7)8/h5-10,12-15,23,28H,4,11,16-22H2,1-3H3,(H,32,33);1-2H,(H,5,6)(H,7,8)/b;2-1+. The molecule has 0 unspecified atom stereocenters. The third-order valence-electron chi connectivity index (χ3n) is 8.03. The van der Waals surface area contributed by atoms with Gasteiger partial charge in [0.15, 0.2) is 5.65 Å². The molecule has 12 heteroatoms. The number of imidazole rings is 1. The molecule has 1 aliphatic rings. The van der Waals surface area contributed by atoms with Crippen LogP contribution in [0.3, 0.4) is 0 Å². The summed E-state index contributed by atoms with van der Waals surface area (Å²) in [6.07, 6.45) is 2.80. The number of H-pyrrole nitrogens is 1. The number of carbonyl (C=O) groups is 2. The predicted molar refractivity (Wildman–Crippen MR) is 181 cm³/mol. The summed E-state index contributed by atoms with van der Waals surface area (Å²) in [4.78, 5) is 58.0. The summed E-state index contributed by atoms with van der Waals surface area (Å²) < 4.78 is 2.95. The van der Waals surface area contributed by atoms with Gasteiger partial charge in [-0.3, -0.25) is 18.8 Å². The smallest absolute Gasteiger partial charge is 0.332 e. The van der Waals surface area contributed by atoms with Crippen LogP contribution >= 0.6 is 0 Å². The number of aryl methyl sites for hydroxylation is 1. The monoisotopic (exact) mass is 644 g/mol. The summed E-state index contributed by atoms with van der Waals surface area (Å²) in [5.74, 6) is -1.46. The van der Waals surface area contributed by atoms with Gasteiger partial charge in [-0.1, -0.05) is 74.5 Å². The van der Waals surface area contributed by atoms with Crippen LogP contribution in [0.2, 0.25) is 0 Å². The minimum absolute atomic E-state index is 0.265. The number of carboxylic acid groups (broad SMARTS) is 2. The lowest BCUT2D eigenvalue weighted by Gasteiger charge is -2.39. The quantitative estimate of drug-likeness (QED) is 0.196. The molecule has 3 heterocycles. The lowest BCUT2D eigenvalue weighted by molar-refractivity contribution is -0.134. The first kappa shape index (κ1) is 35.1. The number of benzene rings is 2. The minimum Gasteiger partial charge on any atom is -0.478 e. The van der Waals surface area contributed by atoms with Crippen LogP contribution in [0.1, 0.15) is 50.2 Å². The molecule has 1 fully saturated rings. The van der Waals surface area contributed by atoms with Gasteiger partial charge in [-0.05, 0) is 36.9 Å². The molecule has 3 N–H and O–H groups in total. The van der Waals surface area contributed by atoms with Crippen LogP contribution < -0.4 is 11.2 Å². The Bertz CT molecular complexity index is 1710. The van der Waals surface area contributed by atoms with Crippen molar-refractivity contribution in [3.63, 3.8) is 0 Å². The number of carboxylic acids is 2. The van der Waals surface area contributed by atoms with Crippen molar-refractivity contribution in [3.8, 4) is 0 Å². The molecule has 0 spiro atoms. The van der Waals surface area contributed by atoms with Crippen molar-refractivity contribution < 1.29 is 19.8 Å². The van der Waals surface area contributed by atoms with E-state index < -0.39 is 11.9 Å². The number of rotatable bonds is 12. The Hall–Kier alpha value is -4.81. The van der Waals surface area contributed by atoms with Gasteiger partial charge in [-0.25, -0.2) is 19.4 Å². The fourth-order valence-corrected chi connectivity index (χ4v) is 5.88. The molecule has 1 aliphatic heterocycles. The highest BCUT2D eigenvalue weighted by molar-refractivity contribution is 5.89. The molecule has 2 aromatic heterocycles. The number of nitrogens with zero attached hydrogens (tertiary/aromatic N) is 5. The summed E-state index contributed by atoms with van der Waals surface area (Å²) in [5.41, 5.74) is 3.04. The average Bonchev–Trinajstić information content (AvgIpc) is 3.49. The van der Waals surface area contributed by atoms with Gasteiger partial charge in [0.1, 0.15) is 11.3 Å². The zero-order chi connectivity index (χ0) is 33.9. The molecule has 0 atom stereocenters. The Balaban J connectivity index is 0.000000555. The van der Waals surface area contributed by atoms with E-state index in [1.807, 2.05) is 6.92 Å². The van der Waals surface area contributed by atoms with Gasteiger partial charge in [0, 0.05) is 57.8 Å². The first-order valence-electron chi connectivity index (χ1n) is 16.0. The lowest BCUT2D eigenvalue weighted by atomic mass is 9.96. The van der Waals surface area contributed by atoms with E-state index in [9.17, 15) is 19.2 Å². The van der Waals surface area contributed by atoms with E-state index in [0.717, 1.165) is 51.4 Å². The van der Waals surface area contributed by atoms with Crippen molar-refractivity contribution in [3.05, 3.63) is 111 Å². The number of hydrogen-bond donors (Lipinski definition) is 3. The van der Waals surface area contributed by atoms with Gasteiger partial charge in [-0.2, -0.15) is 0 Å². The summed E-state index contributed by atoms with van der Waals surface area (Å²) in [6, 6.07) is 21.8. The van der Waals surface area contributed by atoms with Gasteiger partial charge < -0.3 is 20.1 Å². The van der Waals surface area contributed by atoms with Crippen LogP contribution in [-0.2, 0) is 29.1 Å². The summed E-state index contributed by atoms with van der Waals surface area (Å²) in [6.45, 7) is 11.9. The van der Waals surface area contributed by atoms with Gasteiger partial charge in [0.25, 0.3) is 5.56 Å². The van der Waals surface area contributed by atoms with Crippen molar-refractivity contribution in [1.82, 2.24) is 28.9 Å². The van der Waals surface area contributed by atoms with Crippen LogP contribution in [0.5, 0.6) is 0 Å². The molecule has 0 radical (unpaired) electrons. The number of fused-ring (bicyclic) bond motifs is 1. The molecular formula is C35H44N6O6. The average molecular weight is 645 g/mol. The van der Waals surface area contributed by atoms with E-state index >= 15 is 0 Å². The molecule has 250 valence electrons. The third-order valence-corrected chi connectivity index (χ3v) is 8.03. The fraction of sp³-hybridized carbons (Fsp3) is 0.400.